The van der Waals surface area contributed by atoms with Gasteiger partial charge in [0.1, 0.15) is 35.7 Å². The van der Waals surface area contributed by atoms with E-state index in [1.54, 1.807) is 36.4 Å². The van der Waals surface area contributed by atoms with Gasteiger partial charge in [-0.3, -0.25) is 0 Å². The molecule has 1 atom stereocenters. The zero-order chi connectivity index (χ0) is 23.4. The van der Waals surface area contributed by atoms with Crippen molar-refractivity contribution in [3.8, 4) is 39.2 Å². The van der Waals surface area contributed by atoms with Crippen LogP contribution in [0, 0.1) is 0 Å². The van der Waals surface area contributed by atoms with Crippen LogP contribution in [-0.4, -0.2) is 40.6 Å². The van der Waals surface area contributed by atoms with Gasteiger partial charge in [-0.05, 0) is 72.3 Å². The second-order valence-electron chi connectivity index (χ2n) is 8.09. The molecule has 0 fully saturated rings. The van der Waals surface area contributed by atoms with E-state index < -0.39 is 6.10 Å². The third-order valence-electron chi connectivity index (χ3n) is 5.01. The number of ether oxygens (including phenoxy) is 2. The van der Waals surface area contributed by atoms with E-state index in [0.717, 1.165) is 20.5 Å². The van der Waals surface area contributed by atoms with Crippen LogP contribution < -0.4 is 14.8 Å². The van der Waals surface area contributed by atoms with Crippen molar-refractivity contribution in [2.75, 3.05) is 13.2 Å². The minimum atomic E-state index is -0.593. The molecule has 172 valence electrons. The number of phenolic OH excluding ortho intramolecular Hbond substituents is 2. The van der Waals surface area contributed by atoms with Crippen molar-refractivity contribution in [2.24, 2.45) is 0 Å². The Hall–Kier alpha value is -3.26. The Morgan fingerprint density at radius 3 is 2.24 bits per heavy atom. The first-order chi connectivity index (χ1) is 15.9. The molecule has 7 heteroatoms. The molecule has 3 aromatic carbocycles. The average Bonchev–Trinajstić information content (AvgIpc) is 3.14. The molecule has 0 saturated heterocycles. The van der Waals surface area contributed by atoms with E-state index in [1.165, 1.54) is 11.3 Å². The first kappa shape index (κ1) is 22.9. The summed E-state index contributed by atoms with van der Waals surface area (Å²) in [4.78, 5) is 0.900. The van der Waals surface area contributed by atoms with Crippen molar-refractivity contribution in [2.45, 2.75) is 26.0 Å². The molecule has 0 radical (unpaired) electrons. The molecule has 4 aromatic rings. The van der Waals surface area contributed by atoms with Gasteiger partial charge in [0.2, 0.25) is 0 Å². The van der Waals surface area contributed by atoms with Crippen LogP contribution in [0.3, 0.4) is 0 Å². The van der Waals surface area contributed by atoms with Crippen LogP contribution in [0.1, 0.15) is 13.8 Å². The maximum absolute atomic E-state index is 10.0. The van der Waals surface area contributed by atoms with Gasteiger partial charge in [-0.1, -0.05) is 13.8 Å². The number of benzene rings is 3. The smallest absolute Gasteiger partial charge is 0.153 e. The Morgan fingerprint density at radius 1 is 0.879 bits per heavy atom. The molecule has 1 unspecified atom stereocenters. The second kappa shape index (κ2) is 10.1. The molecule has 0 amide bonds. The zero-order valence-corrected chi connectivity index (χ0v) is 19.3. The van der Waals surface area contributed by atoms with Crippen molar-refractivity contribution < 1.29 is 24.8 Å². The Bertz CT molecular complexity index is 1200. The Balaban J connectivity index is 1.53. The van der Waals surface area contributed by atoms with Crippen LogP contribution in [0.2, 0.25) is 0 Å². The molecule has 33 heavy (non-hydrogen) atoms. The van der Waals surface area contributed by atoms with Crippen LogP contribution in [0.25, 0.3) is 20.5 Å². The summed E-state index contributed by atoms with van der Waals surface area (Å²) in [7, 11) is 0. The van der Waals surface area contributed by atoms with Gasteiger partial charge in [-0.25, -0.2) is 0 Å². The van der Waals surface area contributed by atoms with Crippen molar-refractivity contribution >= 4 is 21.4 Å². The standard InChI is InChI=1S/C26H27NO5S/c1-16(2)27-14-20(30)15-31-21-8-10-22(11-9-21)32-25-23-12-7-19(29)13-24(23)33-26(25)17-3-5-18(28)6-4-17/h3-13,16,20,27-30H,14-15H2,1-2H3. The van der Waals surface area contributed by atoms with E-state index in [9.17, 15) is 15.3 Å². The van der Waals surface area contributed by atoms with E-state index in [4.69, 9.17) is 9.47 Å². The SMILES string of the molecule is CC(C)NCC(O)COc1ccc(Oc2c(-c3ccc(O)cc3)sc3cc(O)ccc23)cc1. The number of hydrogen-bond acceptors (Lipinski definition) is 7. The quantitative estimate of drug-likeness (QED) is 0.261. The fourth-order valence-corrected chi connectivity index (χ4v) is 4.48. The van der Waals surface area contributed by atoms with E-state index >= 15 is 0 Å². The molecule has 1 aromatic heterocycles. The lowest BCUT2D eigenvalue weighted by Gasteiger charge is -2.15. The third-order valence-corrected chi connectivity index (χ3v) is 6.19. The molecule has 0 bridgehead atoms. The number of phenols is 2. The highest BCUT2D eigenvalue weighted by Crippen LogP contribution is 2.47. The topological polar surface area (TPSA) is 91.2 Å². The number of rotatable bonds is 9. The van der Waals surface area contributed by atoms with Gasteiger partial charge in [0.15, 0.2) is 5.75 Å². The molecule has 4 N–H and O–H groups in total. The molecular weight excluding hydrogens is 438 g/mol. The number of thiophene rings is 1. The summed E-state index contributed by atoms with van der Waals surface area (Å²) < 4.78 is 12.9. The summed E-state index contributed by atoms with van der Waals surface area (Å²) in [5.74, 6) is 2.35. The summed E-state index contributed by atoms with van der Waals surface area (Å²) in [5, 5.41) is 33.6. The normalized spacial score (nSPS) is 12.2. The first-order valence-corrected chi connectivity index (χ1v) is 11.6. The van der Waals surface area contributed by atoms with Crippen LogP contribution in [-0.2, 0) is 0 Å². The van der Waals surface area contributed by atoms with E-state index in [0.29, 0.717) is 29.8 Å². The molecule has 0 spiro atoms. The number of hydrogen-bond donors (Lipinski definition) is 4. The van der Waals surface area contributed by atoms with Gasteiger partial charge in [0.25, 0.3) is 0 Å². The Kier molecular flexibility index (Phi) is 7.03. The lowest BCUT2D eigenvalue weighted by molar-refractivity contribution is 0.104. The molecule has 1 heterocycles. The van der Waals surface area contributed by atoms with Gasteiger partial charge in [0, 0.05) is 22.7 Å². The molecule has 0 aliphatic carbocycles. The van der Waals surface area contributed by atoms with E-state index in [2.05, 4.69) is 5.32 Å². The molecule has 4 rings (SSSR count). The molecule has 0 saturated carbocycles. The van der Waals surface area contributed by atoms with Crippen LogP contribution >= 0.6 is 11.3 Å². The van der Waals surface area contributed by atoms with Gasteiger partial charge in [0.05, 0.1) is 4.88 Å². The van der Waals surface area contributed by atoms with Crippen molar-refractivity contribution in [3.63, 3.8) is 0 Å². The Labute approximate surface area is 196 Å². The number of aliphatic hydroxyl groups is 1. The fourth-order valence-electron chi connectivity index (χ4n) is 3.31. The molecule has 6 nitrogen and oxygen atoms in total. The second-order valence-corrected chi connectivity index (χ2v) is 9.14. The molecular formula is C26H27NO5S. The van der Waals surface area contributed by atoms with Crippen molar-refractivity contribution in [1.29, 1.82) is 0 Å². The summed E-state index contributed by atoms with van der Waals surface area (Å²) in [6.07, 6.45) is -0.593. The fraction of sp³-hybridized carbons (Fsp3) is 0.231. The highest BCUT2D eigenvalue weighted by atomic mass is 32.1. The summed E-state index contributed by atoms with van der Waals surface area (Å²) in [5.41, 5.74) is 0.910. The minimum absolute atomic E-state index is 0.194. The monoisotopic (exact) mass is 465 g/mol. The predicted octanol–water partition coefficient (Wildman–Crippen LogP) is 5.51. The Morgan fingerprint density at radius 2 is 1.55 bits per heavy atom. The number of fused-ring (bicyclic) bond motifs is 1. The van der Waals surface area contributed by atoms with Crippen LogP contribution in [0.5, 0.6) is 28.7 Å². The predicted molar refractivity (Wildman–Crippen MR) is 132 cm³/mol. The van der Waals surface area contributed by atoms with Crippen molar-refractivity contribution in [3.05, 3.63) is 66.7 Å². The van der Waals surface area contributed by atoms with E-state index in [-0.39, 0.29) is 18.1 Å². The van der Waals surface area contributed by atoms with Crippen molar-refractivity contribution in [1.82, 2.24) is 5.32 Å². The largest absolute Gasteiger partial charge is 0.508 e. The molecule has 0 aliphatic rings. The molecule has 0 aliphatic heterocycles. The lowest BCUT2D eigenvalue weighted by atomic mass is 10.1. The number of nitrogens with one attached hydrogen (secondary N) is 1. The minimum Gasteiger partial charge on any atom is -0.508 e. The first-order valence-electron chi connectivity index (χ1n) is 10.8. The number of aliphatic hydroxyl groups excluding tert-OH is 1. The maximum Gasteiger partial charge on any atom is 0.153 e. The maximum atomic E-state index is 10.0. The zero-order valence-electron chi connectivity index (χ0n) is 18.5. The number of aromatic hydroxyl groups is 2. The summed E-state index contributed by atoms with van der Waals surface area (Å²) in [6.45, 7) is 4.72. The average molecular weight is 466 g/mol. The van der Waals surface area contributed by atoms with Gasteiger partial charge < -0.3 is 30.1 Å². The van der Waals surface area contributed by atoms with Gasteiger partial charge in [-0.2, -0.15) is 0 Å². The summed E-state index contributed by atoms with van der Waals surface area (Å²) in [6, 6.07) is 19.7. The van der Waals surface area contributed by atoms with Gasteiger partial charge >= 0.3 is 0 Å². The van der Waals surface area contributed by atoms with Gasteiger partial charge in [-0.15, -0.1) is 11.3 Å². The highest BCUT2D eigenvalue weighted by Gasteiger charge is 2.17. The lowest BCUT2D eigenvalue weighted by Crippen LogP contribution is -2.35. The summed E-state index contributed by atoms with van der Waals surface area (Å²) >= 11 is 1.51. The third kappa shape index (κ3) is 5.76. The van der Waals surface area contributed by atoms with Crippen LogP contribution in [0.4, 0.5) is 0 Å². The highest BCUT2D eigenvalue weighted by molar-refractivity contribution is 7.22. The van der Waals surface area contributed by atoms with Crippen LogP contribution in [0.15, 0.2) is 66.7 Å². The van der Waals surface area contributed by atoms with E-state index in [1.807, 2.05) is 44.2 Å².